The number of hydrogen-bond acceptors (Lipinski definition) is 3. The second-order valence-electron chi connectivity index (χ2n) is 6.49. The maximum Gasteiger partial charge on any atom is 0.322 e. The normalized spacial score (nSPS) is 12.8. The summed E-state index contributed by atoms with van der Waals surface area (Å²) in [5.74, 6) is -1.16. The van der Waals surface area contributed by atoms with Gasteiger partial charge in [-0.15, -0.1) is 0 Å². The number of rotatable bonds is 14. The number of carboxylic acid groups (broad SMARTS) is 1. The zero-order chi connectivity index (χ0) is 18.5. The number of unbranched alkanes of at least 4 members (excludes halogenated alkanes) is 7. The van der Waals surface area contributed by atoms with Crippen LogP contribution >= 0.6 is 0 Å². The number of nitrogens with one attached hydrogen (secondary N) is 1. The summed E-state index contributed by atoms with van der Waals surface area (Å²) in [6.07, 6.45) is 8.68. The van der Waals surface area contributed by atoms with Crippen molar-refractivity contribution in [3.8, 4) is 0 Å². The minimum absolute atomic E-state index is 0.0134. The third-order valence-corrected chi connectivity index (χ3v) is 5.64. The van der Waals surface area contributed by atoms with Gasteiger partial charge in [-0.1, -0.05) is 82.2 Å². The van der Waals surface area contributed by atoms with Gasteiger partial charge in [0.1, 0.15) is 6.04 Å². The molecule has 0 aliphatic heterocycles. The van der Waals surface area contributed by atoms with Crippen molar-refractivity contribution in [3.05, 3.63) is 35.9 Å². The summed E-state index contributed by atoms with van der Waals surface area (Å²) in [6.45, 7) is 2.18. The monoisotopic (exact) mass is 369 g/mol. The smallest absolute Gasteiger partial charge is 0.322 e. The number of carboxylic acids is 1. The van der Waals surface area contributed by atoms with Crippen molar-refractivity contribution in [3.63, 3.8) is 0 Å². The number of hydrogen-bond donors (Lipinski definition) is 2. The van der Waals surface area contributed by atoms with E-state index in [0.29, 0.717) is 6.42 Å². The highest BCUT2D eigenvalue weighted by atomic mass is 32.2. The van der Waals surface area contributed by atoms with E-state index in [1.807, 2.05) is 18.2 Å². The van der Waals surface area contributed by atoms with E-state index in [1.165, 1.54) is 25.7 Å². The molecule has 0 aromatic heterocycles. The highest BCUT2D eigenvalue weighted by molar-refractivity contribution is 7.89. The molecule has 0 heterocycles. The molecule has 0 amide bonds. The average Bonchev–Trinajstić information content (AvgIpc) is 2.57. The maximum absolute atomic E-state index is 12.1. The molecule has 1 aromatic carbocycles. The van der Waals surface area contributed by atoms with Gasteiger partial charge in [-0.3, -0.25) is 4.79 Å². The maximum atomic E-state index is 12.1. The highest BCUT2D eigenvalue weighted by Gasteiger charge is 2.23. The predicted octanol–water partition coefficient (Wildman–Crippen LogP) is 3.74. The lowest BCUT2D eigenvalue weighted by molar-refractivity contribution is -0.138. The Balaban J connectivity index is 2.34. The third-order valence-electron chi connectivity index (χ3n) is 4.17. The molecule has 0 aliphatic carbocycles. The Morgan fingerprint density at radius 3 is 2.12 bits per heavy atom. The van der Waals surface area contributed by atoms with E-state index in [9.17, 15) is 18.3 Å². The van der Waals surface area contributed by atoms with Gasteiger partial charge < -0.3 is 5.11 Å². The van der Waals surface area contributed by atoms with Crippen LogP contribution in [0.5, 0.6) is 0 Å². The van der Waals surface area contributed by atoms with Crippen molar-refractivity contribution in [2.75, 3.05) is 5.75 Å². The summed E-state index contributed by atoms with van der Waals surface area (Å²) in [5, 5.41) is 9.28. The minimum atomic E-state index is -3.58. The summed E-state index contributed by atoms with van der Waals surface area (Å²) < 4.78 is 26.6. The molecule has 5 nitrogen and oxygen atoms in total. The molecule has 1 atom stereocenters. The van der Waals surface area contributed by atoms with Gasteiger partial charge in [0.15, 0.2) is 0 Å². The first kappa shape index (κ1) is 21.6. The van der Waals surface area contributed by atoms with E-state index in [0.717, 1.165) is 24.8 Å². The molecule has 1 unspecified atom stereocenters. The summed E-state index contributed by atoms with van der Waals surface area (Å²) in [5.41, 5.74) is 0.796. The van der Waals surface area contributed by atoms with Gasteiger partial charge in [-0.05, 0) is 18.4 Å². The van der Waals surface area contributed by atoms with Gasteiger partial charge in [0.05, 0.1) is 5.75 Å². The SMILES string of the molecule is CCCCCCCCCCS(=O)(=O)NC(Cc1ccccc1)C(=O)O. The molecule has 1 aromatic rings. The van der Waals surface area contributed by atoms with Crippen molar-refractivity contribution in [1.29, 1.82) is 0 Å². The molecule has 6 heteroatoms. The number of carbonyl (C=O) groups is 1. The van der Waals surface area contributed by atoms with E-state index in [2.05, 4.69) is 11.6 Å². The van der Waals surface area contributed by atoms with Crippen LogP contribution in [0.1, 0.15) is 63.9 Å². The fourth-order valence-corrected chi connectivity index (χ4v) is 4.05. The van der Waals surface area contributed by atoms with Gasteiger partial charge in [0.2, 0.25) is 10.0 Å². The Kier molecular flexibility index (Phi) is 10.4. The predicted molar refractivity (Wildman–Crippen MR) is 101 cm³/mol. The number of benzene rings is 1. The zero-order valence-corrected chi connectivity index (χ0v) is 15.9. The van der Waals surface area contributed by atoms with Crippen molar-refractivity contribution >= 4 is 16.0 Å². The van der Waals surface area contributed by atoms with Gasteiger partial charge >= 0.3 is 5.97 Å². The molecule has 0 fully saturated rings. The van der Waals surface area contributed by atoms with Gasteiger partial charge in [-0.2, -0.15) is 0 Å². The summed E-state index contributed by atoms with van der Waals surface area (Å²) >= 11 is 0. The zero-order valence-electron chi connectivity index (χ0n) is 15.1. The van der Waals surface area contributed by atoms with Crippen LogP contribution in [-0.2, 0) is 21.2 Å². The first-order valence-corrected chi connectivity index (χ1v) is 10.9. The fraction of sp³-hybridized carbons (Fsp3) is 0.632. The van der Waals surface area contributed by atoms with Crippen LogP contribution in [0.15, 0.2) is 30.3 Å². The lowest BCUT2D eigenvalue weighted by atomic mass is 10.1. The molecule has 0 saturated carbocycles. The van der Waals surface area contributed by atoms with Crippen LogP contribution in [0.4, 0.5) is 0 Å². The van der Waals surface area contributed by atoms with E-state index in [-0.39, 0.29) is 12.2 Å². The fourth-order valence-electron chi connectivity index (χ4n) is 2.73. The van der Waals surface area contributed by atoms with Gasteiger partial charge in [0.25, 0.3) is 0 Å². The van der Waals surface area contributed by atoms with Gasteiger partial charge in [-0.25, -0.2) is 13.1 Å². The highest BCUT2D eigenvalue weighted by Crippen LogP contribution is 2.10. The van der Waals surface area contributed by atoms with Crippen LogP contribution in [-0.4, -0.2) is 31.3 Å². The molecular weight excluding hydrogens is 338 g/mol. The lowest BCUT2D eigenvalue weighted by Gasteiger charge is -2.15. The second-order valence-corrected chi connectivity index (χ2v) is 8.37. The van der Waals surface area contributed by atoms with Crippen molar-refractivity contribution in [1.82, 2.24) is 4.72 Å². The van der Waals surface area contributed by atoms with Crippen LogP contribution < -0.4 is 4.72 Å². The molecule has 142 valence electrons. The topological polar surface area (TPSA) is 83.5 Å². The molecule has 0 spiro atoms. The summed E-state index contributed by atoms with van der Waals surface area (Å²) in [7, 11) is -3.58. The molecule has 0 aliphatic rings. The first-order chi connectivity index (χ1) is 11.9. The van der Waals surface area contributed by atoms with E-state index >= 15 is 0 Å². The standard InChI is InChI=1S/C19H31NO4S/c1-2-3-4-5-6-7-8-12-15-25(23,24)20-18(19(21)22)16-17-13-10-9-11-14-17/h9-11,13-14,18,20H,2-8,12,15-16H2,1H3,(H,21,22). The average molecular weight is 370 g/mol. The Labute approximate surface area is 151 Å². The molecular formula is C19H31NO4S. The summed E-state index contributed by atoms with van der Waals surface area (Å²) in [4.78, 5) is 11.4. The Morgan fingerprint density at radius 2 is 1.56 bits per heavy atom. The van der Waals surface area contributed by atoms with Gasteiger partial charge in [0, 0.05) is 0 Å². The van der Waals surface area contributed by atoms with Crippen LogP contribution in [0, 0.1) is 0 Å². The van der Waals surface area contributed by atoms with Crippen LogP contribution in [0.2, 0.25) is 0 Å². The molecule has 0 radical (unpaired) electrons. The van der Waals surface area contributed by atoms with Crippen LogP contribution in [0.25, 0.3) is 0 Å². The second kappa shape index (κ2) is 12.0. The van der Waals surface area contributed by atoms with E-state index in [1.54, 1.807) is 12.1 Å². The molecule has 0 bridgehead atoms. The van der Waals surface area contributed by atoms with Crippen molar-refractivity contribution < 1.29 is 18.3 Å². The molecule has 25 heavy (non-hydrogen) atoms. The quantitative estimate of drug-likeness (QED) is 0.489. The first-order valence-electron chi connectivity index (χ1n) is 9.21. The minimum Gasteiger partial charge on any atom is -0.480 e. The lowest BCUT2D eigenvalue weighted by Crippen LogP contribution is -2.43. The summed E-state index contributed by atoms with van der Waals surface area (Å²) in [6, 6.07) is 7.92. The number of aliphatic carboxylic acids is 1. The van der Waals surface area contributed by atoms with Crippen molar-refractivity contribution in [2.24, 2.45) is 0 Å². The Bertz CT molecular complexity index is 587. The molecule has 1 rings (SSSR count). The van der Waals surface area contributed by atoms with Crippen LogP contribution in [0.3, 0.4) is 0 Å². The third kappa shape index (κ3) is 10.2. The molecule has 2 N–H and O–H groups in total. The number of sulfonamides is 1. The van der Waals surface area contributed by atoms with E-state index in [4.69, 9.17) is 0 Å². The Morgan fingerprint density at radius 1 is 1.00 bits per heavy atom. The van der Waals surface area contributed by atoms with E-state index < -0.39 is 22.0 Å². The Hall–Kier alpha value is -1.40. The largest absolute Gasteiger partial charge is 0.480 e. The van der Waals surface area contributed by atoms with Crippen molar-refractivity contribution in [2.45, 2.75) is 70.8 Å². The molecule has 0 saturated heterocycles.